The number of aromatic nitrogens is 4. The Labute approximate surface area is 125 Å². The Bertz CT molecular complexity index is 570. The molecule has 0 saturated carbocycles. The Balaban J connectivity index is 1.64. The molecule has 1 aliphatic heterocycles. The average Bonchev–Trinajstić information content (AvgIpc) is 3.06. The van der Waals surface area contributed by atoms with Gasteiger partial charge in [-0.25, -0.2) is 9.97 Å². The van der Waals surface area contributed by atoms with Crippen LogP contribution in [0.4, 0.5) is 5.95 Å². The molecule has 1 N–H and O–H groups in total. The van der Waals surface area contributed by atoms with Crippen molar-refractivity contribution in [2.45, 2.75) is 12.5 Å². The Hall–Kier alpha value is -1.47. The van der Waals surface area contributed by atoms with Crippen molar-refractivity contribution in [3.63, 3.8) is 0 Å². The second-order valence-corrected chi connectivity index (χ2v) is 5.74. The Kier molecular flexibility index (Phi) is 3.98. The normalized spacial score (nSPS) is 22.1. The number of ether oxygens (including phenoxy) is 1. The fourth-order valence-electron chi connectivity index (χ4n) is 2.46. The molecule has 0 aromatic carbocycles. The van der Waals surface area contributed by atoms with Crippen molar-refractivity contribution in [1.82, 2.24) is 19.7 Å². The summed E-state index contributed by atoms with van der Waals surface area (Å²) in [6.07, 6.45) is 6.39. The van der Waals surface area contributed by atoms with Crippen molar-refractivity contribution in [1.29, 1.82) is 0 Å². The molecule has 7 heteroatoms. The summed E-state index contributed by atoms with van der Waals surface area (Å²) < 4.78 is 8.60. The number of hydrogen-bond acceptors (Lipinski definition) is 5. The summed E-state index contributed by atoms with van der Waals surface area (Å²) in [4.78, 5) is 8.43. The van der Waals surface area contributed by atoms with Gasteiger partial charge in [0.15, 0.2) is 0 Å². The number of rotatable bonds is 4. The van der Waals surface area contributed by atoms with Gasteiger partial charge in [-0.1, -0.05) is 0 Å². The summed E-state index contributed by atoms with van der Waals surface area (Å²) in [6, 6.07) is 2.01. The number of anilines is 1. The van der Waals surface area contributed by atoms with Crippen LogP contribution in [0.15, 0.2) is 29.1 Å². The topological polar surface area (TPSA) is 64.9 Å². The van der Waals surface area contributed by atoms with Crippen LogP contribution in [-0.4, -0.2) is 32.9 Å². The SMILES string of the molecule is Cn1nccc1[C@@H]1OCC[C@H]1CNc1ncc(Br)cn1. The Morgan fingerprint density at radius 1 is 1.45 bits per heavy atom. The Morgan fingerprint density at radius 3 is 2.95 bits per heavy atom. The van der Waals surface area contributed by atoms with Gasteiger partial charge in [0.25, 0.3) is 0 Å². The average molecular weight is 338 g/mol. The fraction of sp³-hybridized carbons (Fsp3) is 0.462. The van der Waals surface area contributed by atoms with E-state index in [1.807, 2.05) is 17.8 Å². The van der Waals surface area contributed by atoms with E-state index in [2.05, 4.69) is 36.3 Å². The molecule has 3 rings (SSSR count). The predicted molar refractivity (Wildman–Crippen MR) is 78.2 cm³/mol. The lowest BCUT2D eigenvalue weighted by Gasteiger charge is -2.19. The molecule has 0 spiro atoms. The lowest BCUT2D eigenvalue weighted by molar-refractivity contribution is 0.0866. The van der Waals surface area contributed by atoms with Crippen LogP contribution in [0.25, 0.3) is 0 Å². The van der Waals surface area contributed by atoms with E-state index in [0.717, 1.165) is 29.7 Å². The molecule has 20 heavy (non-hydrogen) atoms. The van der Waals surface area contributed by atoms with E-state index in [-0.39, 0.29) is 6.10 Å². The third-order valence-electron chi connectivity index (χ3n) is 3.51. The summed E-state index contributed by atoms with van der Waals surface area (Å²) >= 11 is 3.32. The van der Waals surface area contributed by atoms with Gasteiger partial charge in [0.1, 0.15) is 6.10 Å². The van der Waals surface area contributed by atoms with Crippen molar-refractivity contribution >= 4 is 21.9 Å². The van der Waals surface area contributed by atoms with Crippen molar-refractivity contribution < 1.29 is 4.74 Å². The zero-order valence-electron chi connectivity index (χ0n) is 11.2. The second kappa shape index (κ2) is 5.88. The number of nitrogens with one attached hydrogen (secondary N) is 1. The maximum atomic E-state index is 5.85. The van der Waals surface area contributed by atoms with Gasteiger partial charge in [-0.2, -0.15) is 5.10 Å². The van der Waals surface area contributed by atoms with Crippen LogP contribution in [0.5, 0.6) is 0 Å². The first-order valence-corrected chi connectivity index (χ1v) is 7.34. The zero-order valence-corrected chi connectivity index (χ0v) is 12.7. The summed E-state index contributed by atoms with van der Waals surface area (Å²) in [5, 5.41) is 7.48. The fourth-order valence-corrected chi connectivity index (χ4v) is 2.66. The van der Waals surface area contributed by atoms with E-state index >= 15 is 0 Å². The molecule has 1 saturated heterocycles. The molecule has 2 aromatic rings. The molecule has 0 amide bonds. The molecule has 106 valence electrons. The molecular formula is C13H16BrN5O. The monoisotopic (exact) mass is 337 g/mol. The summed E-state index contributed by atoms with van der Waals surface area (Å²) in [5.74, 6) is 1.04. The smallest absolute Gasteiger partial charge is 0.222 e. The molecule has 0 bridgehead atoms. The third-order valence-corrected chi connectivity index (χ3v) is 3.92. The van der Waals surface area contributed by atoms with E-state index in [1.54, 1.807) is 18.6 Å². The van der Waals surface area contributed by atoms with Gasteiger partial charge in [-0.05, 0) is 28.4 Å². The number of aryl methyl sites for hydroxylation is 1. The quantitative estimate of drug-likeness (QED) is 0.926. The van der Waals surface area contributed by atoms with Crippen LogP contribution in [0.2, 0.25) is 0 Å². The van der Waals surface area contributed by atoms with Crippen LogP contribution in [0, 0.1) is 5.92 Å². The minimum absolute atomic E-state index is 0.0884. The molecule has 2 aromatic heterocycles. The van der Waals surface area contributed by atoms with Crippen molar-refractivity contribution in [2.75, 3.05) is 18.5 Å². The summed E-state index contributed by atoms with van der Waals surface area (Å²) in [7, 11) is 1.94. The van der Waals surface area contributed by atoms with Crippen LogP contribution >= 0.6 is 15.9 Å². The first-order chi connectivity index (χ1) is 9.74. The lowest BCUT2D eigenvalue weighted by Crippen LogP contribution is -2.20. The molecule has 1 aliphatic rings. The molecule has 0 radical (unpaired) electrons. The highest BCUT2D eigenvalue weighted by Crippen LogP contribution is 2.34. The molecule has 6 nitrogen and oxygen atoms in total. The van der Waals surface area contributed by atoms with Gasteiger partial charge < -0.3 is 10.1 Å². The van der Waals surface area contributed by atoms with Gasteiger partial charge >= 0.3 is 0 Å². The van der Waals surface area contributed by atoms with Crippen molar-refractivity contribution in [3.05, 3.63) is 34.8 Å². The number of halogens is 1. The van der Waals surface area contributed by atoms with Crippen LogP contribution in [0.1, 0.15) is 18.2 Å². The first-order valence-electron chi connectivity index (χ1n) is 6.55. The largest absolute Gasteiger partial charge is 0.372 e. The predicted octanol–water partition coefficient (Wildman–Crippen LogP) is 2.16. The van der Waals surface area contributed by atoms with E-state index in [1.165, 1.54) is 0 Å². The van der Waals surface area contributed by atoms with E-state index in [9.17, 15) is 0 Å². The summed E-state index contributed by atoms with van der Waals surface area (Å²) in [5.41, 5.74) is 1.12. The molecule has 0 aliphatic carbocycles. The Morgan fingerprint density at radius 2 is 2.25 bits per heavy atom. The summed E-state index contributed by atoms with van der Waals surface area (Å²) in [6.45, 7) is 1.57. The van der Waals surface area contributed by atoms with Gasteiger partial charge in [-0.15, -0.1) is 0 Å². The number of hydrogen-bond donors (Lipinski definition) is 1. The van der Waals surface area contributed by atoms with Crippen LogP contribution in [0.3, 0.4) is 0 Å². The minimum Gasteiger partial charge on any atom is -0.372 e. The second-order valence-electron chi connectivity index (χ2n) is 4.83. The standard InChI is InChI=1S/C13H16BrN5O/c1-19-11(2-4-18-19)12-9(3-5-20-12)6-15-13-16-7-10(14)8-17-13/h2,4,7-9,12H,3,5-6H2,1H3,(H,15,16,17)/t9-,12+/m0/s1. The van der Waals surface area contributed by atoms with Gasteiger partial charge in [-0.3, -0.25) is 4.68 Å². The molecule has 2 atom stereocenters. The van der Waals surface area contributed by atoms with E-state index in [0.29, 0.717) is 11.9 Å². The molecule has 3 heterocycles. The van der Waals surface area contributed by atoms with E-state index in [4.69, 9.17) is 4.74 Å². The first kappa shape index (κ1) is 13.5. The third kappa shape index (κ3) is 2.83. The minimum atomic E-state index is 0.0884. The highest BCUT2D eigenvalue weighted by atomic mass is 79.9. The van der Waals surface area contributed by atoms with Gasteiger partial charge in [0.2, 0.25) is 5.95 Å². The maximum Gasteiger partial charge on any atom is 0.222 e. The number of nitrogens with zero attached hydrogens (tertiary/aromatic N) is 4. The van der Waals surface area contributed by atoms with E-state index < -0.39 is 0 Å². The highest BCUT2D eigenvalue weighted by Gasteiger charge is 2.31. The molecular weight excluding hydrogens is 322 g/mol. The maximum absolute atomic E-state index is 5.85. The van der Waals surface area contributed by atoms with Crippen molar-refractivity contribution in [3.8, 4) is 0 Å². The molecule has 0 unspecified atom stereocenters. The zero-order chi connectivity index (χ0) is 13.9. The van der Waals surface area contributed by atoms with Crippen molar-refractivity contribution in [2.24, 2.45) is 13.0 Å². The highest BCUT2D eigenvalue weighted by molar-refractivity contribution is 9.10. The lowest BCUT2D eigenvalue weighted by atomic mass is 9.99. The molecule has 1 fully saturated rings. The van der Waals surface area contributed by atoms with Gasteiger partial charge in [0.05, 0.1) is 10.2 Å². The van der Waals surface area contributed by atoms with Crippen LogP contribution < -0.4 is 5.32 Å². The van der Waals surface area contributed by atoms with Crippen LogP contribution in [-0.2, 0) is 11.8 Å². The van der Waals surface area contributed by atoms with Gasteiger partial charge in [0, 0.05) is 44.7 Å².